The average Bonchev–Trinajstić information content (AvgIpc) is 3.23. The van der Waals surface area contributed by atoms with Crippen LogP contribution in [0.2, 0.25) is 19.6 Å². The van der Waals surface area contributed by atoms with Gasteiger partial charge in [-0.25, -0.2) is 0 Å². The number of rotatable bonds is 9. The molecule has 6 saturated carbocycles. The van der Waals surface area contributed by atoms with Crippen molar-refractivity contribution in [3.05, 3.63) is 29.8 Å². The summed E-state index contributed by atoms with van der Waals surface area (Å²) < 4.78 is 8.44. The van der Waals surface area contributed by atoms with Crippen molar-refractivity contribution in [3.8, 4) is 5.75 Å². The van der Waals surface area contributed by atoms with Crippen LogP contribution in [0.25, 0.3) is 5.20 Å². The summed E-state index contributed by atoms with van der Waals surface area (Å²) in [6, 6.07) is 8.00. The zero-order chi connectivity index (χ0) is 38.9. The van der Waals surface area contributed by atoms with Crippen molar-refractivity contribution < 1.29 is 18.3 Å². The molecule has 6 aliphatic carbocycles. The minimum atomic E-state index is -1.90. The van der Waals surface area contributed by atoms with E-state index in [1.165, 1.54) is 39.2 Å². The maximum atomic E-state index is 5.96. The van der Waals surface area contributed by atoms with E-state index >= 15 is 0 Å². The summed E-state index contributed by atoms with van der Waals surface area (Å²) in [6.45, 7) is 6.81. The van der Waals surface area contributed by atoms with E-state index in [1.807, 2.05) is 24.3 Å². The fraction of sp³-hybridized carbons (Fsp3) is 0.833. The molecule has 0 radical (unpaired) electrons. The maximum absolute atomic E-state index is 5.96. The molecule has 1 aromatic carbocycles. The van der Waals surface area contributed by atoms with E-state index in [1.54, 1.807) is 200 Å². The van der Waals surface area contributed by atoms with Crippen LogP contribution in [0.5, 0.6) is 5.75 Å². The van der Waals surface area contributed by atoms with Gasteiger partial charge in [0.15, 0.2) is 0 Å². The molecule has 0 spiro atoms. The van der Waals surface area contributed by atoms with Crippen LogP contribution < -0.4 is 4.74 Å². The molecule has 0 N–H and O–H groups in total. The molecule has 7 heteroatoms. The molecule has 0 unspecified atom stereocenters. The first-order chi connectivity index (χ1) is 26.7. The Morgan fingerprint density at radius 2 is 0.745 bits per heavy atom. The predicted molar refractivity (Wildman–Crippen MR) is 254 cm³/mol. The van der Waals surface area contributed by atoms with Crippen molar-refractivity contribution in [3.63, 3.8) is 0 Å². The van der Waals surface area contributed by atoms with Crippen LogP contribution in [0.4, 0.5) is 0 Å². The predicted octanol–water partition coefficient (Wildman–Crippen LogP) is 16.7. The molecule has 7 rings (SSSR count). The van der Waals surface area contributed by atoms with Crippen molar-refractivity contribution in [2.45, 2.75) is 246 Å². The molecule has 0 heterocycles. The van der Waals surface area contributed by atoms with Crippen molar-refractivity contribution in [2.75, 3.05) is 7.11 Å². The molecule has 0 saturated heterocycles. The third kappa shape index (κ3) is 15.7. The Balaban J connectivity index is 0.000000159. The van der Waals surface area contributed by atoms with Gasteiger partial charge in [0.2, 0.25) is 0 Å². The molecule has 55 heavy (non-hydrogen) atoms. The number of ether oxygens (including phenoxy) is 1. The van der Waals surface area contributed by atoms with Gasteiger partial charge in [0, 0.05) is 15.8 Å². The molecule has 6 fully saturated rings. The van der Waals surface area contributed by atoms with Gasteiger partial charge in [0.1, 0.15) is 0 Å². The first-order valence-electron chi connectivity index (χ1n) is 23.8. The number of halogens is 2. The van der Waals surface area contributed by atoms with Crippen LogP contribution in [-0.2, 0) is 13.5 Å². The number of hydrogen-bond acceptors (Lipinski definition) is 1. The summed E-state index contributed by atoms with van der Waals surface area (Å²) in [5, 5.41) is 1.21. The van der Waals surface area contributed by atoms with Crippen LogP contribution in [0.3, 0.4) is 0 Å². The second-order valence-electron chi connectivity index (χ2n) is 19.6. The Hall–Kier alpha value is 0.950. The molecular weight excluding hydrogens is 855 g/mol. The van der Waals surface area contributed by atoms with Gasteiger partial charge in [-0.05, 0) is 154 Å². The fourth-order valence-corrected chi connectivity index (χ4v) is 28.3. The summed E-state index contributed by atoms with van der Waals surface area (Å²) in [7, 11) is 12.0. The van der Waals surface area contributed by atoms with Gasteiger partial charge in [-0.3, -0.25) is 0 Å². The summed E-state index contributed by atoms with van der Waals surface area (Å²) in [4.78, 5) is 0. The van der Waals surface area contributed by atoms with E-state index in [2.05, 4.69) is 23.9 Å². The second-order valence-corrected chi connectivity index (χ2v) is 36.8. The second kappa shape index (κ2) is 25.7. The van der Waals surface area contributed by atoms with E-state index in [-0.39, 0.29) is 15.8 Å². The SMILES string of the molecule is C1CCC([PH+](C2CCCCC2)C2CCCCC2)CC1.C1CCC([PH+](C2CCCCC2)C2CCCCC2)CC1.COc1ccc(C(=[C]=[Ru]([Cl])[Cl])[Si](C)(C)C)cc1. The van der Waals surface area contributed by atoms with E-state index in [4.69, 9.17) is 24.1 Å². The van der Waals surface area contributed by atoms with Crippen LogP contribution in [0, 0.1) is 0 Å². The molecule has 0 aromatic heterocycles. The van der Waals surface area contributed by atoms with Crippen molar-refractivity contribution in [1.82, 2.24) is 0 Å². The van der Waals surface area contributed by atoms with Gasteiger partial charge in [0.25, 0.3) is 0 Å². The first kappa shape index (κ1) is 47.0. The molecule has 316 valence electrons. The van der Waals surface area contributed by atoms with Gasteiger partial charge < -0.3 is 0 Å². The van der Waals surface area contributed by atoms with E-state index in [0.717, 1.165) is 11.3 Å². The van der Waals surface area contributed by atoms with Crippen molar-refractivity contribution >= 4 is 52.8 Å². The first-order valence-corrected chi connectivity index (χ1v) is 36.1. The van der Waals surface area contributed by atoms with Crippen molar-refractivity contribution in [1.29, 1.82) is 0 Å². The molecule has 1 aromatic rings. The number of benzene rings is 1. The Morgan fingerprint density at radius 1 is 0.491 bits per heavy atom. The third-order valence-electron chi connectivity index (χ3n) is 14.7. The van der Waals surface area contributed by atoms with Crippen molar-refractivity contribution in [2.24, 2.45) is 0 Å². The van der Waals surface area contributed by atoms with Gasteiger partial charge in [-0.2, -0.15) is 0 Å². The summed E-state index contributed by atoms with van der Waals surface area (Å²) in [5.41, 5.74) is 8.52. The van der Waals surface area contributed by atoms with E-state index < -0.39 is 21.6 Å². The average molecular weight is 939 g/mol. The normalized spacial score (nSPS) is 23.6. The summed E-state index contributed by atoms with van der Waals surface area (Å²) in [6.07, 6.45) is 47.6. The molecule has 0 aliphatic heterocycles. The Bertz CT molecular complexity index is 1120. The standard InChI is InChI=1S/2C18H33P.C12H16OSi.2ClH.Ru/c2*1-4-10-16(11-5-1)19(17-12-6-2-7-13-17)18-14-8-3-9-15-18;1-10(14(3,4)5)11-6-8-12(13-2)9-7-11;;;/h2*16-18H,1-15H2;6-9H,2-5H3;2*1H;/q;;;;;+2. The third-order valence-corrected chi connectivity index (χ3v) is 27.7. The number of hydrogen-bond donors (Lipinski definition) is 0. The van der Waals surface area contributed by atoms with Crippen LogP contribution in [-0.4, -0.2) is 53.4 Å². The Kier molecular flexibility index (Phi) is 21.9. The van der Waals surface area contributed by atoms with Gasteiger partial charge >= 0.3 is 118 Å². The molecule has 0 atom stereocenters. The fourth-order valence-electron chi connectivity index (χ4n) is 12.1. The Labute approximate surface area is 357 Å². The van der Waals surface area contributed by atoms with Gasteiger partial charge in [-0.15, -0.1) is 0 Å². The minimum absolute atomic E-state index is 0.0465. The molecule has 0 bridgehead atoms. The quantitative estimate of drug-likeness (QED) is 0.177. The van der Waals surface area contributed by atoms with Gasteiger partial charge in [0.05, 0.1) is 34.0 Å². The van der Waals surface area contributed by atoms with Gasteiger partial charge in [-0.1, -0.05) is 38.5 Å². The monoisotopic (exact) mass is 938 g/mol. The zero-order valence-corrected chi connectivity index (χ0v) is 42.3. The molecule has 1 nitrogen and oxygen atoms in total. The summed E-state index contributed by atoms with van der Waals surface area (Å²) >= 11 is -1.90. The Morgan fingerprint density at radius 3 is 0.945 bits per heavy atom. The van der Waals surface area contributed by atoms with Crippen LogP contribution in [0.1, 0.15) is 198 Å². The molecule has 0 amide bonds. The van der Waals surface area contributed by atoms with E-state index in [0.29, 0.717) is 0 Å². The van der Waals surface area contributed by atoms with E-state index in [9.17, 15) is 0 Å². The summed E-state index contributed by atoms with van der Waals surface area (Å²) in [5.74, 6) is 0.856. The van der Waals surface area contributed by atoms with Crippen LogP contribution >= 0.6 is 35.2 Å². The topological polar surface area (TPSA) is 9.23 Å². The zero-order valence-electron chi connectivity index (χ0n) is 36.0. The number of methoxy groups -OCH3 is 1. The molecule has 6 aliphatic rings. The molecular formula is C48H84Cl2OP2RuSi+2. The van der Waals surface area contributed by atoms with Crippen LogP contribution in [0.15, 0.2) is 24.3 Å².